The minimum atomic E-state index is -1.59. The third kappa shape index (κ3) is 2.87. The number of rotatable bonds is 4. The molecule has 1 aromatic carbocycles. The number of carbonyl (C=O) groups is 1. The molecular formula is C14H20FNOSi. The van der Waals surface area contributed by atoms with Crippen molar-refractivity contribution in [3.63, 3.8) is 0 Å². The number of carbonyl (C=O) groups excluding carboxylic acids is 1. The Labute approximate surface area is 109 Å². The van der Waals surface area contributed by atoms with Gasteiger partial charge < -0.3 is 4.79 Å². The van der Waals surface area contributed by atoms with E-state index in [2.05, 4.69) is 24.5 Å². The Morgan fingerprint density at radius 2 is 2.06 bits per heavy atom. The van der Waals surface area contributed by atoms with Crippen molar-refractivity contribution in [2.45, 2.75) is 26.2 Å². The Hall–Kier alpha value is -1.00. The molecule has 2 nitrogen and oxygen atoms in total. The Balaban J connectivity index is 2.04. The number of benzene rings is 1. The summed E-state index contributed by atoms with van der Waals surface area (Å²) in [6.45, 7) is 8.80. The fourth-order valence-corrected chi connectivity index (χ4v) is 3.72. The van der Waals surface area contributed by atoms with Gasteiger partial charge in [0.1, 0.15) is 12.1 Å². The van der Waals surface area contributed by atoms with Crippen LogP contribution in [-0.2, 0) is 11.3 Å². The van der Waals surface area contributed by atoms with Gasteiger partial charge in [-0.3, -0.25) is 4.90 Å². The molecular weight excluding hydrogens is 245 g/mol. The minimum Gasteiger partial charge on any atom is -0.303 e. The van der Waals surface area contributed by atoms with Crippen molar-refractivity contribution in [2.75, 3.05) is 13.1 Å². The summed E-state index contributed by atoms with van der Waals surface area (Å²) in [6.07, 6.45) is 1.01. The van der Waals surface area contributed by atoms with Gasteiger partial charge in [0.25, 0.3) is 0 Å². The number of likely N-dealkylation sites (tertiary alicyclic amines) is 1. The van der Waals surface area contributed by atoms with Gasteiger partial charge in [-0.2, -0.15) is 0 Å². The van der Waals surface area contributed by atoms with E-state index in [0.29, 0.717) is 0 Å². The lowest BCUT2D eigenvalue weighted by Crippen LogP contribution is -2.46. The maximum Gasteiger partial charge on any atom is 0.125 e. The Bertz CT molecular complexity index is 450. The van der Waals surface area contributed by atoms with Gasteiger partial charge in [0, 0.05) is 25.6 Å². The lowest BCUT2D eigenvalue weighted by molar-refractivity contribution is -0.115. The predicted molar refractivity (Wildman–Crippen MR) is 74.2 cm³/mol. The highest BCUT2D eigenvalue weighted by Crippen LogP contribution is 2.17. The average molecular weight is 265 g/mol. The smallest absolute Gasteiger partial charge is 0.125 e. The standard InChI is InChI=1S/C14H20FNOSi/c1-18(2,3)14-5-4-11(6-13(14)15)7-16-8-12(9-16)10-17/h4-6,10,12H,7-9H2,1-3H3. The first-order valence-corrected chi connectivity index (χ1v) is 9.86. The minimum absolute atomic E-state index is 0.0703. The number of nitrogens with zero attached hydrogens (tertiary/aromatic N) is 1. The van der Waals surface area contributed by atoms with E-state index in [1.807, 2.05) is 12.1 Å². The number of hydrogen-bond acceptors (Lipinski definition) is 2. The van der Waals surface area contributed by atoms with Gasteiger partial charge in [-0.05, 0) is 16.8 Å². The van der Waals surface area contributed by atoms with E-state index in [0.717, 1.165) is 36.7 Å². The maximum atomic E-state index is 14.0. The van der Waals surface area contributed by atoms with E-state index >= 15 is 0 Å². The van der Waals surface area contributed by atoms with Crippen LogP contribution in [-0.4, -0.2) is 32.3 Å². The van der Waals surface area contributed by atoms with Gasteiger partial charge in [0.05, 0.1) is 8.07 Å². The summed E-state index contributed by atoms with van der Waals surface area (Å²) in [4.78, 5) is 12.7. The van der Waals surface area contributed by atoms with Crippen molar-refractivity contribution in [3.05, 3.63) is 29.6 Å². The molecule has 0 aliphatic carbocycles. The number of hydrogen-bond donors (Lipinski definition) is 0. The summed E-state index contributed by atoms with van der Waals surface area (Å²) in [5.74, 6) is 0.107. The molecule has 1 heterocycles. The van der Waals surface area contributed by atoms with Crippen LogP contribution in [0.5, 0.6) is 0 Å². The topological polar surface area (TPSA) is 20.3 Å². The van der Waals surface area contributed by atoms with Gasteiger partial charge >= 0.3 is 0 Å². The van der Waals surface area contributed by atoms with Crippen molar-refractivity contribution in [2.24, 2.45) is 5.92 Å². The first kappa shape index (κ1) is 13.4. The predicted octanol–water partition coefficient (Wildman–Crippen LogP) is 2.00. The van der Waals surface area contributed by atoms with Crippen LogP contribution in [0.4, 0.5) is 4.39 Å². The van der Waals surface area contributed by atoms with E-state index in [1.54, 1.807) is 6.07 Å². The lowest BCUT2D eigenvalue weighted by atomic mass is 10.0. The van der Waals surface area contributed by atoms with Crippen LogP contribution in [0, 0.1) is 11.7 Å². The van der Waals surface area contributed by atoms with Crippen LogP contribution in [0.2, 0.25) is 19.6 Å². The molecule has 98 valence electrons. The normalized spacial score (nSPS) is 17.6. The molecule has 0 atom stereocenters. The SMILES string of the molecule is C[Si](C)(C)c1ccc(CN2CC(C=O)C2)cc1F. The second-order valence-corrected chi connectivity index (χ2v) is 11.2. The molecule has 0 bridgehead atoms. The van der Waals surface area contributed by atoms with Crippen LogP contribution in [0.1, 0.15) is 5.56 Å². The molecule has 1 aromatic rings. The molecule has 1 aliphatic rings. The Morgan fingerprint density at radius 3 is 2.56 bits per heavy atom. The van der Waals surface area contributed by atoms with Crippen molar-refractivity contribution in [3.8, 4) is 0 Å². The lowest BCUT2D eigenvalue weighted by Gasteiger charge is -2.36. The number of halogens is 1. The molecule has 0 N–H and O–H groups in total. The van der Waals surface area contributed by atoms with Crippen LogP contribution >= 0.6 is 0 Å². The fourth-order valence-electron chi connectivity index (χ4n) is 2.35. The second-order valence-electron chi connectivity index (χ2n) is 6.15. The van der Waals surface area contributed by atoms with Crippen LogP contribution in [0.25, 0.3) is 0 Å². The van der Waals surface area contributed by atoms with Crippen LogP contribution in [0.15, 0.2) is 18.2 Å². The first-order chi connectivity index (χ1) is 8.40. The third-order valence-corrected chi connectivity index (χ3v) is 5.45. The molecule has 0 aromatic heterocycles. The van der Waals surface area contributed by atoms with Gasteiger partial charge in [0.15, 0.2) is 0 Å². The molecule has 1 fully saturated rings. The summed E-state index contributed by atoms with van der Waals surface area (Å²) in [5, 5.41) is 0.889. The fraction of sp³-hybridized carbons (Fsp3) is 0.500. The molecule has 0 amide bonds. The summed E-state index contributed by atoms with van der Waals surface area (Å²) < 4.78 is 14.0. The molecule has 0 radical (unpaired) electrons. The van der Waals surface area contributed by atoms with Gasteiger partial charge in [-0.15, -0.1) is 0 Å². The molecule has 0 spiro atoms. The summed E-state index contributed by atoms with van der Waals surface area (Å²) >= 11 is 0. The van der Waals surface area contributed by atoms with E-state index in [9.17, 15) is 9.18 Å². The Morgan fingerprint density at radius 1 is 1.39 bits per heavy atom. The van der Waals surface area contributed by atoms with E-state index in [1.165, 1.54) is 0 Å². The highest BCUT2D eigenvalue weighted by atomic mass is 28.3. The molecule has 1 saturated heterocycles. The summed E-state index contributed by atoms with van der Waals surface area (Å²) in [7, 11) is -1.59. The largest absolute Gasteiger partial charge is 0.303 e. The average Bonchev–Trinajstić information content (AvgIpc) is 2.21. The summed E-state index contributed by atoms with van der Waals surface area (Å²) in [6, 6.07) is 5.61. The van der Waals surface area contributed by atoms with Gasteiger partial charge in [-0.25, -0.2) is 4.39 Å². The molecule has 1 aliphatic heterocycles. The third-order valence-electron chi connectivity index (χ3n) is 3.43. The molecule has 4 heteroatoms. The Kier molecular flexibility index (Phi) is 3.68. The van der Waals surface area contributed by atoms with Crippen molar-refractivity contribution < 1.29 is 9.18 Å². The van der Waals surface area contributed by atoms with Crippen LogP contribution < -0.4 is 5.19 Å². The molecule has 0 saturated carbocycles. The van der Waals surface area contributed by atoms with Crippen molar-refractivity contribution >= 4 is 19.5 Å². The number of aldehydes is 1. The summed E-state index contributed by atoms with van der Waals surface area (Å²) in [5.41, 5.74) is 0.999. The highest BCUT2D eigenvalue weighted by molar-refractivity contribution is 6.88. The van der Waals surface area contributed by atoms with Crippen LogP contribution in [0.3, 0.4) is 0 Å². The first-order valence-electron chi connectivity index (χ1n) is 6.36. The van der Waals surface area contributed by atoms with E-state index < -0.39 is 8.07 Å². The quantitative estimate of drug-likeness (QED) is 0.613. The maximum absolute atomic E-state index is 14.0. The monoisotopic (exact) mass is 265 g/mol. The zero-order chi connectivity index (χ0) is 13.3. The highest BCUT2D eigenvalue weighted by Gasteiger charge is 2.26. The second kappa shape index (κ2) is 4.94. The zero-order valence-corrected chi connectivity index (χ0v) is 12.2. The molecule has 18 heavy (non-hydrogen) atoms. The van der Waals surface area contributed by atoms with Crippen molar-refractivity contribution in [1.82, 2.24) is 4.90 Å². The molecule has 2 rings (SSSR count). The van der Waals surface area contributed by atoms with E-state index in [4.69, 9.17) is 0 Å². The molecule has 0 unspecified atom stereocenters. The van der Waals surface area contributed by atoms with Crippen molar-refractivity contribution in [1.29, 1.82) is 0 Å². The zero-order valence-electron chi connectivity index (χ0n) is 11.2. The van der Waals surface area contributed by atoms with E-state index in [-0.39, 0.29) is 11.7 Å². The van der Waals surface area contributed by atoms with Gasteiger partial charge in [0.2, 0.25) is 0 Å². The van der Waals surface area contributed by atoms with Gasteiger partial charge in [-0.1, -0.05) is 31.8 Å².